The highest BCUT2D eigenvalue weighted by atomic mass is 19.4. The number of carbonyl (C=O) groups is 3. The molecular weight excluding hydrogens is 459 g/mol. The van der Waals surface area contributed by atoms with E-state index in [0.717, 1.165) is 28.8 Å². The number of aromatic nitrogens is 2. The van der Waals surface area contributed by atoms with Crippen LogP contribution in [-0.2, 0) is 12.6 Å². The van der Waals surface area contributed by atoms with E-state index in [2.05, 4.69) is 15.6 Å². The Morgan fingerprint density at radius 2 is 1.68 bits per heavy atom. The number of benzene rings is 2. The number of imidazole rings is 1. The number of alkyl halides is 3. The van der Waals surface area contributed by atoms with Gasteiger partial charge < -0.3 is 20.9 Å². The lowest BCUT2D eigenvalue weighted by Crippen LogP contribution is -2.28. The molecule has 0 saturated heterocycles. The molecule has 5 N–H and O–H groups in total. The fraction of sp³-hybridized carbons (Fsp3) is 0.143. The van der Waals surface area contributed by atoms with Gasteiger partial charge in [0, 0.05) is 12.1 Å². The smallest absolute Gasteiger partial charge is 0.416 e. The van der Waals surface area contributed by atoms with Crippen molar-refractivity contribution in [3.63, 3.8) is 0 Å². The Hall–Kier alpha value is -4.55. The average Bonchev–Trinajstić information content (AvgIpc) is 3.12. The van der Waals surface area contributed by atoms with Crippen LogP contribution >= 0.6 is 0 Å². The summed E-state index contributed by atoms with van der Waals surface area (Å²) < 4.78 is 43.9. The van der Waals surface area contributed by atoms with Crippen molar-refractivity contribution in [3.05, 3.63) is 71.2 Å². The molecule has 0 fully saturated rings. The number of carbonyl (C=O) groups excluding carboxylic acids is 2. The molecule has 0 aliphatic rings. The molecule has 0 saturated carbocycles. The van der Waals surface area contributed by atoms with E-state index in [1.54, 1.807) is 24.3 Å². The number of halogens is 3. The van der Waals surface area contributed by atoms with Crippen molar-refractivity contribution < 1.29 is 37.4 Å². The molecule has 3 aromatic rings. The first kappa shape index (κ1) is 24.1. The Bertz CT molecular complexity index is 1220. The molecule has 0 spiro atoms. The van der Waals surface area contributed by atoms with Crippen LogP contribution in [0.1, 0.15) is 27.4 Å². The van der Waals surface area contributed by atoms with Crippen molar-refractivity contribution >= 4 is 29.5 Å². The first-order valence-electron chi connectivity index (χ1n) is 9.52. The topological polar surface area (TPSA) is 149 Å². The van der Waals surface area contributed by atoms with E-state index in [0.29, 0.717) is 11.3 Å². The summed E-state index contributed by atoms with van der Waals surface area (Å²) >= 11 is 0. The predicted octanol–water partition coefficient (Wildman–Crippen LogP) is 3.77. The Balaban J connectivity index is 1.87. The van der Waals surface area contributed by atoms with Crippen LogP contribution in [0.4, 0.5) is 34.3 Å². The van der Waals surface area contributed by atoms with Crippen molar-refractivity contribution in [2.24, 2.45) is 5.73 Å². The minimum absolute atomic E-state index is 0.00455. The summed E-state index contributed by atoms with van der Waals surface area (Å²) in [6, 6.07) is 8.07. The number of anilines is 2. The molecule has 2 aromatic carbocycles. The molecule has 34 heavy (non-hydrogen) atoms. The number of carboxylic acids is 1. The second-order valence-electron chi connectivity index (χ2n) is 6.88. The lowest BCUT2D eigenvalue weighted by molar-refractivity contribution is -0.137. The largest absolute Gasteiger partial charge is 0.497 e. The number of amides is 3. The Morgan fingerprint density at radius 1 is 1.06 bits per heavy atom. The van der Waals surface area contributed by atoms with Crippen LogP contribution in [0.2, 0.25) is 0 Å². The van der Waals surface area contributed by atoms with Gasteiger partial charge in [-0.1, -0.05) is 12.1 Å². The molecule has 3 rings (SSSR count). The number of nitrogens with zero attached hydrogens (tertiary/aromatic N) is 2. The van der Waals surface area contributed by atoms with Crippen LogP contribution in [-0.4, -0.2) is 39.8 Å². The second-order valence-corrected chi connectivity index (χ2v) is 6.88. The molecule has 0 atom stereocenters. The maximum Gasteiger partial charge on any atom is 0.416 e. The summed E-state index contributed by atoms with van der Waals surface area (Å²) in [5, 5.41) is 13.9. The Kier molecular flexibility index (Phi) is 6.75. The van der Waals surface area contributed by atoms with E-state index in [9.17, 15) is 32.7 Å². The highest BCUT2D eigenvalue weighted by molar-refractivity contribution is 6.04. The molecule has 13 heteroatoms. The quantitative estimate of drug-likeness (QED) is 0.425. The summed E-state index contributed by atoms with van der Waals surface area (Å²) in [4.78, 5) is 40.1. The third kappa shape index (κ3) is 5.43. The predicted molar refractivity (Wildman–Crippen MR) is 114 cm³/mol. The molecule has 10 nitrogen and oxygen atoms in total. The van der Waals surface area contributed by atoms with Gasteiger partial charge in [-0.2, -0.15) is 13.2 Å². The zero-order chi connectivity index (χ0) is 25.0. The number of hydrogen-bond donors (Lipinski definition) is 4. The van der Waals surface area contributed by atoms with E-state index in [1.807, 2.05) is 0 Å². The van der Waals surface area contributed by atoms with Crippen LogP contribution in [0.5, 0.6) is 5.75 Å². The van der Waals surface area contributed by atoms with Gasteiger partial charge in [-0.15, -0.1) is 0 Å². The number of methoxy groups -OCH3 is 1. The summed E-state index contributed by atoms with van der Waals surface area (Å²) in [7, 11) is 1.49. The third-order valence-corrected chi connectivity index (χ3v) is 4.59. The first-order valence-corrected chi connectivity index (χ1v) is 9.52. The molecule has 0 radical (unpaired) electrons. The number of hydrogen-bond acceptors (Lipinski definition) is 5. The van der Waals surface area contributed by atoms with Gasteiger partial charge in [-0.3, -0.25) is 5.32 Å². The van der Waals surface area contributed by atoms with Gasteiger partial charge in [0.1, 0.15) is 11.6 Å². The number of aromatic carboxylic acids is 1. The number of nitrogens with two attached hydrogens (primary N) is 1. The van der Waals surface area contributed by atoms with Gasteiger partial charge in [0.25, 0.3) is 0 Å². The summed E-state index contributed by atoms with van der Waals surface area (Å²) in [6.45, 7) is 0. The van der Waals surface area contributed by atoms with Gasteiger partial charge in [0.2, 0.25) is 0 Å². The van der Waals surface area contributed by atoms with Crippen LogP contribution in [0, 0.1) is 0 Å². The van der Waals surface area contributed by atoms with E-state index in [1.165, 1.54) is 7.11 Å². The van der Waals surface area contributed by atoms with Crippen molar-refractivity contribution in [1.82, 2.24) is 9.55 Å². The van der Waals surface area contributed by atoms with E-state index < -0.39 is 41.3 Å². The van der Waals surface area contributed by atoms with Gasteiger partial charge in [0.05, 0.1) is 12.7 Å². The van der Waals surface area contributed by atoms with Crippen molar-refractivity contribution in [1.29, 1.82) is 0 Å². The number of carboxylic acid groups (broad SMARTS) is 1. The fourth-order valence-corrected chi connectivity index (χ4v) is 3.03. The maximum atomic E-state index is 12.7. The summed E-state index contributed by atoms with van der Waals surface area (Å²) in [5.74, 6) is -1.52. The zero-order valence-corrected chi connectivity index (χ0v) is 17.5. The number of urea groups is 1. The zero-order valence-electron chi connectivity index (χ0n) is 17.5. The molecule has 178 valence electrons. The first-order chi connectivity index (χ1) is 16.0. The Morgan fingerprint density at radius 3 is 2.18 bits per heavy atom. The summed E-state index contributed by atoms with van der Waals surface area (Å²) in [6.07, 6.45) is -4.55. The molecule has 3 amide bonds. The van der Waals surface area contributed by atoms with Gasteiger partial charge in [-0.05, 0) is 42.0 Å². The fourth-order valence-electron chi connectivity index (χ4n) is 3.03. The number of rotatable bonds is 6. The van der Waals surface area contributed by atoms with Gasteiger partial charge >= 0.3 is 24.2 Å². The van der Waals surface area contributed by atoms with Crippen LogP contribution < -0.4 is 21.1 Å². The molecule has 0 unspecified atom stereocenters. The molecule has 1 heterocycles. The Labute approximate surface area is 190 Å². The third-order valence-electron chi connectivity index (χ3n) is 4.59. The number of nitrogens with one attached hydrogen (secondary N) is 2. The standard InChI is InChI=1S/C21H18F3N5O5/c1-34-14-8-2-11(3-9-14)10-15-27-16(18(30)31)17(29(15)19(25)32)28-20(33)26-13-6-4-12(5-7-13)21(22,23)24/h2-9H,10H2,1H3,(H2,25,32)(H,30,31)(H2,26,28,33). The van der Waals surface area contributed by atoms with Crippen molar-refractivity contribution in [3.8, 4) is 5.75 Å². The molecule has 0 aliphatic carbocycles. The van der Waals surface area contributed by atoms with Crippen LogP contribution in [0.25, 0.3) is 0 Å². The second kappa shape index (κ2) is 9.52. The lowest BCUT2D eigenvalue weighted by Gasteiger charge is -2.12. The van der Waals surface area contributed by atoms with Gasteiger partial charge in [-0.25, -0.2) is 23.9 Å². The minimum Gasteiger partial charge on any atom is -0.497 e. The minimum atomic E-state index is -4.55. The lowest BCUT2D eigenvalue weighted by atomic mass is 10.1. The maximum absolute atomic E-state index is 12.7. The van der Waals surface area contributed by atoms with Crippen molar-refractivity contribution in [2.45, 2.75) is 12.6 Å². The highest BCUT2D eigenvalue weighted by Crippen LogP contribution is 2.30. The van der Waals surface area contributed by atoms with Gasteiger partial charge in [0.15, 0.2) is 11.5 Å². The monoisotopic (exact) mass is 477 g/mol. The van der Waals surface area contributed by atoms with Crippen LogP contribution in [0.15, 0.2) is 48.5 Å². The molecule has 0 aliphatic heterocycles. The SMILES string of the molecule is COc1ccc(Cc2nc(C(=O)O)c(NC(=O)Nc3ccc(C(F)(F)F)cc3)n2C(N)=O)cc1. The van der Waals surface area contributed by atoms with Crippen molar-refractivity contribution in [2.75, 3.05) is 17.7 Å². The van der Waals surface area contributed by atoms with E-state index in [4.69, 9.17) is 10.5 Å². The highest BCUT2D eigenvalue weighted by Gasteiger charge is 2.30. The van der Waals surface area contributed by atoms with E-state index in [-0.39, 0.29) is 17.9 Å². The van der Waals surface area contributed by atoms with E-state index >= 15 is 0 Å². The molecular formula is C21H18F3N5O5. The molecule has 1 aromatic heterocycles. The van der Waals surface area contributed by atoms with Crippen LogP contribution in [0.3, 0.4) is 0 Å². The molecule has 0 bridgehead atoms. The number of ether oxygens (including phenoxy) is 1. The normalized spacial score (nSPS) is 11.1. The number of primary amides is 1. The summed E-state index contributed by atoms with van der Waals surface area (Å²) in [5.41, 5.74) is 4.48. The average molecular weight is 477 g/mol.